The summed E-state index contributed by atoms with van der Waals surface area (Å²) in [4.78, 5) is 2.39. The van der Waals surface area contributed by atoms with Crippen LogP contribution in [0.2, 0.25) is 0 Å². The van der Waals surface area contributed by atoms with Gasteiger partial charge in [-0.1, -0.05) is 19.1 Å². The lowest BCUT2D eigenvalue weighted by atomic mass is 9.89. The Morgan fingerprint density at radius 2 is 2.37 bits per heavy atom. The molecule has 2 heterocycles. The van der Waals surface area contributed by atoms with Crippen molar-refractivity contribution in [2.24, 2.45) is 5.41 Å². The van der Waals surface area contributed by atoms with E-state index >= 15 is 0 Å². The minimum Gasteiger partial charge on any atom is -0.489 e. The molecular weight excluding hydrogens is 243 g/mol. The van der Waals surface area contributed by atoms with E-state index in [1.165, 1.54) is 12.5 Å². The number of fused-ring (bicyclic) bond motifs is 1. The van der Waals surface area contributed by atoms with Crippen molar-refractivity contribution in [2.75, 3.05) is 32.8 Å². The van der Waals surface area contributed by atoms with Crippen LogP contribution in [-0.4, -0.2) is 37.7 Å². The van der Waals surface area contributed by atoms with E-state index in [4.69, 9.17) is 4.74 Å². The number of benzene rings is 1. The predicted octanol–water partition coefficient (Wildman–Crippen LogP) is 2.02. The zero-order valence-corrected chi connectivity index (χ0v) is 11.4. The normalized spacial score (nSPS) is 27.7. The van der Waals surface area contributed by atoms with Crippen molar-refractivity contribution in [1.29, 1.82) is 0 Å². The van der Waals surface area contributed by atoms with Crippen LogP contribution in [0.5, 0.6) is 5.75 Å². The summed E-state index contributed by atoms with van der Waals surface area (Å²) in [5.41, 5.74) is 1.30. The first kappa shape index (κ1) is 12.9. The second-order valence-electron chi connectivity index (χ2n) is 6.02. The zero-order valence-electron chi connectivity index (χ0n) is 11.4. The third-order valence-electron chi connectivity index (χ3n) is 4.16. The Labute approximate surface area is 113 Å². The van der Waals surface area contributed by atoms with E-state index < -0.39 is 0 Å². The van der Waals surface area contributed by atoms with Gasteiger partial charge in [-0.2, -0.15) is 0 Å². The van der Waals surface area contributed by atoms with E-state index in [2.05, 4.69) is 17.1 Å². The summed E-state index contributed by atoms with van der Waals surface area (Å²) < 4.78 is 19.3. The summed E-state index contributed by atoms with van der Waals surface area (Å²) in [5, 5.41) is 3.43. The van der Waals surface area contributed by atoms with Gasteiger partial charge in [-0.25, -0.2) is 4.39 Å². The molecular formula is C15H21FN2O. The van der Waals surface area contributed by atoms with E-state index in [1.54, 1.807) is 6.07 Å². The smallest absolute Gasteiger partial charge is 0.165 e. The monoisotopic (exact) mass is 264 g/mol. The molecule has 0 bridgehead atoms. The number of para-hydroxylation sites is 1. The summed E-state index contributed by atoms with van der Waals surface area (Å²) in [6.45, 7) is 7.75. The molecule has 1 saturated heterocycles. The summed E-state index contributed by atoms with van der Waals surface area (Å²) in [6.07, 6.45) is 1.21. The molecule has 1 fully saturated rings. The molecule has 3 rings (SSSR count). The molecule has 0 saturated carbocycles. The van der Waals surface area contributed by atoms with Gasteiger partial charge in [-0.15, -0.1) is 0 Å². The third kappa shape index (κ3) is 2.74. The molecule has 1 N–H and O–H groups in total. The maximum Gasteiger partial charge on any atom is 0.165 e. The molecule has 1 aromatic rings. The van der Waals surface area contributed by atoms with Gasteiger partial charge < -0.3 is 10.1 Å². The van der Waals surface area contributed by atoms with Gasteiger partial charge in [0.2, 0.25) is 0 Å². The average Bonchev–Trinajstić information content (AvgIpc) is 2.68. The highest BCUT2D eigenvalue weighted by molar-refractivity contribution is 5.35. The molecule has 1 unspecified atom stereocenters. The fourth-order valence-corrected chi connectivity index (χ4v) is 3.11. The first-order valence-electron chi connectivity index (χ1n) is 7.00. The molecule has 3 nitrogen and oxygen atoms in total. The molecule has 0 aromatic heterocycles. The van der Waals surface area contributed by atoms with Gasteiger partial charge in [0.15, 0.2) is 11.6 Å². The molecule has 4 heteroatoms. The Balaban J connectivity index is 1.75. The van der Waals surface area contributed by atoms with Crippen molar-refractivity contribution in [2.45, 2.75) is 19.9 Å². The lowest BCUT2D eigenvalue weighted by Crippen LogP contribution is -2.38. The lowest BCUT2D eigenvalue weighted by molar-refractivity contribution is 0.157. The van der Waals surface area contributed by atoms with Gasteiger partial charge in [0.05, 0.1) is 0 Å². The van der Waals surface area contributed by atoms with Crippen molar-refractivity contribution < 1.29 is 9.13 Å². The summed E-state index contributed by atoms with van der Waals surface area (Å²) in [5.74, 6) is 0.202. The van der Waals surface area contributed by atoms with Gasteiger partial charge in [-0.3, -0.25) is 4.90 Å². The van der Waals surface area contributed by atoms with Crippen molar-refractivity contribution >= 4 is 0 Å². The quantitative estimate of drug-likeness (QED) is 0.884. The SMILES string of the molecule is CC1(CN2CCOc3c(F)cccc3C2)CCNC1. The molecule has 1 atom stereocenters. The molecule has 19 heavy (non-hydrogen) atoms. The van der Waals surface area contributed by atoms with Crippen LogP contribution in [-0.2, 0) is 6.54 Å². The number of hydrogen-bond donors (Lipinski definition) is 1. The topological polar surface area (TPSA) is 24.5 Å². The molecule has 2 aliphatic rings. The summed E-state index contributed by atoms with van der Waals surface area (Å²) in [6, 6.07) is 5.20. The van der Waals surface area contributed by atoms with Crippen LogP contribution in [0.4, 0.5) is 4.39 Å². The highest BCUT2D eigenvalue weighted by atomic mass is 19.1. The van der Waals surface area contributed by atoms with Crippen LogP contribution in [0.15, 0.2) is 18.2 Å². The number of ether oxygens (including phenoxy) is 1. The molecule has 1 aromatic carbocycles. The van der Waals surface area contributed by atoms with Crippen molar-refractivity contribution in [1.82, 2.24) is 10.2 Å². The lowest BCUT2D eigenvalue weighted by Gasteiger charge is -2.30. The van der Waals surface area contributed by atoms with E-state index in [0.717, 1.165) is 38.3 Å². The molecule has 104 valence electrons. The van der Waals surface area contributed by atoms with Crippen LogP contribution in [0.25, 0.3) is 0 Å². The number of nitrogens with one attached hydrogen (secondary N) is 1. The van der Waals surface area contributed by atoms with Crippen molar-refractivity contribution in [3.8, 4) is 5.75 Å². The summed E-state index contributed by atoms with van der Waals surface area (Å²) in [7, 11) is 0. The van der Waals surface area contributed by atoms with E-state index in [1.807, 2.05) is 6.07 Å². The largest absolute Gasteiger partial charge is 0.489 e. The van der Waals surface area contributed by atoms with E-state index in [9.17, 15) is 4.39 Å². The number of halogens is 1. The van der Waals surface area contributed by atoms with E-state index in [-0.39, 0.29) is 5.82 Å². The van der Waals surface area contributed by atoms with Gasteiger partial charge >= 0.3 is 0 Å². The number of hydrogen-bond acceptors (Lipinski definition) is 3. The second-order valence-corrected chi connectivity index (χ2v) is 6.02. The van der Waals surface area contributed by atoms with Crippen LogP contribution >= 0.6 is 0 Å². The molecule has 0 amide bonds. The summed E-state index contributed by atoms with van der Waals surface area (Å²) >= 11 is 0. The van der Waals surface area contributed by atoms with Crippen molar-refractivity contribution in [3.63, 3.8) is 0 Å². The van der Waals surface area contributed by atoms with E-state index in [0.29, 0.717) is 17.8 Å². The first-order chi connectivity index (χ1) is 9.16. The Morgan fingerprint density at radius 3 is 3.16 bits per heavy atom. The van der Waals surface area contributed by atoms with Gasteiger partial charge in [0.25, 0.3) is 0 Å². The highest BCUT2D eigenvalue weighted by Crippen LogP contribution is 2.30. The Kier molecular flexibility index (Phi) is 3.46. The van der Waals surface area contributed by atoms with Crippen LogP contribution in [0.3, 0.4) is 0 Å². The standard InChI is InChI=1S/C15H21FN2O/c1-15(5-6-17-10-15)11-18-7-8-19-14-12(9-18)3-2-4-13(14)16/h2-4,17H,5-11H2,1H3. The minimum atomic E-state index is -0.243. The predicted molar refractivity (Wildman–Crippen MR) is 72.8 cm³/mol. The van der Waals surface area contributed by atoms with Gasteiger partial charge in [0, 0.05) is 31.7 Å². The zero-order chi connectivity index (χ0) is 13.3. The fraction of sp³-hybridized carbons (Fsp3) is 0.600. The average molecular weight is 264 g/mol. The molecule has 0 aliphatic carbocycles. The van der Waals surface area contributed by atoms with Crippen LogP contribution < -0.4 is 10.1 Å². The van der Waals surface area contributed by atoms with Gasteiger partial charge in [0.1, 0.15) is 6.61 Å². The number of nitrogens with zero attached hydrogens (tertiary/aromatic N) is 1. The Hall–Kier alpha value is -1.13. The minimum absolute atomic E-state index is 0.243. The maximum atomic E-state index is 13.7. The maximum absolute atomic E-state index is 13.7. The number of rotatable bonds is 2. The van der Waals surface area contributed by atoms with Gasteiger partial charge in [-0.05, 0) is 24.4 Å². The van der Waals surface area contributed by atoms with Crippen LogP contribution in [0.1, 0.15) is 18.9 Å². The van der Waals surface area contributed by atoms with Crippen LogP contribution in [0, 0.1) is 11.2 Å². The second kappa shape index (κ2) is 5.10. The Morgan fingerprint density at radius 1 is 1.47 bits per heavy atom. The molecule has 0 spiro atoms. The highest BCUT2D eigenvalue weighted by Gasteiger charge is 2.31. The molecule has 0 radical (unpaired) electrons. The fourth-order valence-electron chi connectivity index (χ4n) is 3.11. The Bertz CT molecular complexity index is 457. The van der Waals surface area contributed by atoms with Crippen molar-refractivity contribution in [3.05, 3.63) is 29.6 Å². The first-order valence-corrected chi connectivity index (χ1v) is 7.00. The molecule has 2 aliphatic heterocycles. The third-order valence-corrected chi connectivity index (χ3v) is 4.16.